The predicted molar refractivity (Wildman–Crippen MR) is 70.0 cm³/mol. The van der Waals surface area contributed by atoms with Gasteiger partial charge < -0.3 is 5.11 Å². The molecule has 98 valence electrons. The van der Waals surface area contributed by atoms with Gasteiger partial charge in [0.05, 0.1) is 13.0 Å². The van der Waals surface area contributed by atoms with Crippen molar-refractivity contribution in [3.8, 4) is 0 Å². The molecule has 0 aliphatic carbocycles. The molecular formula is C14H19NO3. The minimum Gasteiger partial charge on any atom is -0.481 e. The van der Waals surface area contributed by atoms with Crippen LogP contribution in [0.5, 0.6) is 0 Å². The molecule has 0 saturated carbocycles. The first-order chi connectivity index (χ1) is 8.40. The van der Waals surface area contributed by atoms with Crippen LogP contribution >= 0.6 is 0 Å². The number of ketones is 1. The Morgan fingerprint density at radius 2 is 1.89 bits per heavy atom. The smallest absolute Gasteiger partial charge is 0.304 e. The van der Waals surface area contributed by atoms with E-state index in [1.165, 1.54) is 0 Å². The second kappa shape index (κ2) is 6.31. The quantitative estimate of drug-likeness (QED) is 0.782. The summed E-state index contributed by atoms with van der Waals surface area (Å²) in [6.07, 6.45) is 0.0523. The van der Waals surface area contributed by atoms with E-state index in [9.17, 15) is 9.59 Å². The second-order valence-corrected chi connectivity index (χ2v) is 4.60. The molecule has 0 saturated heterocycles. The average Bonchev–Trinajstić information content (AvgIpc) is 2.30. The number of Topliss-reactive ketones (excluding diaryl/α,β-unsaturated/α-hetero) is 1. The fourth-order valence-electron chi connectivity index (χ4n) is 1.62. The monoisotopic (exact) mass is 249 g/mol. The molecule has 0 atom stereocenters. The van der Waals surface area contributed by atoms with Crippen molar-refractivity contribution in [2.45, 2.75) is 20.3 Å². The predicted octanol–water partition coefficient (Wildman–Crippen LogP) is 1.89. The van der Waals surface area contributed by atoms with Crippen LogP contribution in [-0.4, -0.2) is 41.9 Å². The van der Waals surface area contributed by atoms with Gasteiger partial charge in [0.2, 0.25) is 0 Å². The fraction of sp³-hybridized carbons (Fsp3) is 0.429. The van der Waals surface area contributed by atoms with E-state index >= 15 is 0 Å². The van der Waals surface area contributed by atoms with Crippen LogP contribution in [0.25, 0.3) is 0 Å². The van der Waals surface area contributed by atoms with Gasteiger partial charge in [0.15, 0.2) is 5.78 Å². The van der Waals surface area contributed by atoms with Crippen molar-refractivity contribution in [1.29, 1.82) is 0 Å². The number of benzene rings is 1. The summed E-state index contributed by atoms with van der Waals surface area (Å²) < 4.78 is 0. The number of aryl methyl sites for hydroxylation is 2. The highest BCUT2D eigenvalue weighted by atomic mass is 16.4. The maximum absolute atomic E-state index is 12.0. The van der Waals surface area contributed by atoms with E-state index in [0.29, 0.717) is 12.1 Å². The number of likely N-dealkylation sites (N-methyl/N-ethyl adjacent to an activating group) is 1. The maximum atomic E-state index is 12.0. The van der Waals surface area contributed by atoms with Gasteiger partial charge in [0.1, 0.15) is 0 Å². The Morgan fingerprint density at radius 1 is 1.22 bits per heavy atom. The SMILES string of the molecule is Cc1ccc(C(=O)CN(C)CCC(=O)O)cc1C. The van der Waals surface area contributed by atoms with Crippen LogP contribution in [0.15, 0.2) is 18.2 Å². The maximum Gasteiger partial charge on any atom is 0.304 e. The van der Waals surface area contributed by atoms with Gasteiger partial charge >= 0.3 is 5.97 Å². The minimum atomic E-state index is -0.847. The van der Waals surface area contributed by atoms with Crippen molar-refractivity contribution in [3.05, 3.63) is 34.9 Å². The molecule has 1 rings (SSSR count). The van der Waals surface area contributed by atoms with Crippen molar-refractivity contribution >= 4 is 11.8 Å². The second-order valence-electron chi connectivity index (χ2n) is 4.60. The molecule has 0 fully saturated rings. The van der Waals surface area contributed by atoms with Gasteiger partial charge in [-0.1, -0.05) is 12.1 Å². The first-order valence-corrected chi connectivity index (χ1v) is 5.91. The third kappa shape index (κ3) is 4.30. The van der Waals surface area contributed by atoms with Gasteiger partial charge in [0.25, 0.3) is 0 Å². The van der Waals surface area contributed by atoms with Crippen LogP contribution < -0.4 is 0 Å². The van der Waals surface area contributed by atoms with Crippen LogP contribution in [0.1, 0.15) is 27.9 Å². The molecule has 0 unspecified atom stereocenters. The van der Waals surface area contributed by atoms with Gasteiger partial charge in [-0.25, -0.2) is 0 Å². The average molecular weight is 249 g/mol. The molecular weight excluding hydrogens is 230 g/mol. The summed E-state index contributed by atoms with van der Waals surface area (Å²) in [6.45, 7) is 4.60. The van der Waals surface area contributed by atoms with E-state index in [2.05, 4.69) is 0 Å². The standard InChI is InChI=1S/C14H19NO3/c1-10-4-5-12(8-11(10)2)13(16)9-15(3)7-6-14(17)18/h4-5,8H,6-7,9H2,1-3H3,(H,17,18). The number of hydrogen-bond acceptors (Lipinski definition) is 3. The Bertz CT molecular complexity index is 454. The van der Waals surface area contributed by atoms with Crippen LogP contribution in [-0.2, 0) is 4.79 Å². The Hall–Kier alpha value is -1.68. The summed E-state index contributed by atoms with van der Waals surface area (Å²) in [7, 11) is 1.75. The fourth-order valence-corrected chi connectivity index (χ4v) is 1.62. The van der Waals surface area contributed by atoms with E-state index in [-0.39, 0.29) is 18.7 Å². The summed E-state index contributed by atoms with van der Waals surface area (Å²) in [4.78, 5) is 24.1. The Labute approximate surface area is 107 Å². The molecule has 1 aromatic carbocycles. The summed E-state index contributed by atoms with van der Waals surface area (Å²) >= 11 is 0. The topological polar surface area (TPSA) is 57.6 Å². The summed E-state index contributed by atoms with van der Waals surface area (Å²) in [5, 5.41) is 8.57. The van der Waals surface area contributed by atoms with Crippen molar-refractivity contribution in [2.24, 2.45) is 0 Å². The van der Waals surface area contributed by atoms with Crippen LogP contribution in [0.3, 0.4) is 0 Å². The largest absolute Gasteiger partial charge is 0.481 e. The van der Waals surface area contributed by atoms with Crippen LogP contribution in [0, 0.1) is 13.8 Å². The van der Waals surface area contributed by atoms with Gasteiger partial charge in [-0.2, -0.15) is 0 Å². The van der Waals surface area contributed by atoms with E-state index in [1.54, 1.807) is 11.9 Å². The van der Waals surface area contributed by atoms with Crippen molar-refractivity contribution in [3.63, 3.8) is 0 Å². The zero-order valence-electron chi connectivity index (χ0n) is 11.1. The normalized spacial score (nSPS) is 10.7. The van der Waals surface area contributed by atoms with Crippen LogP contribution in [0.2, 0.25) is 0 Å². The molecule has 1 aromatic rings. The molecule has 0 amide bonds. The minimum absolute atomic E-state index is 0.0194. The van der Waals surface area contributed by atoms with Gasteiger partial charge in [-0.3, -0.25) is 14.5 Å². The van der Waals surface area contributed by atoms with Crippen LogP contribution in [0.4, 0.5) is 0 Å². The highest BCUT2D eigenvalue weighted by Gasteiger charge is 2.11. The Morgan fingerprint density at radius 3 is 2.44 bits per heavy atom. The van der Waals surface area contributed by atoms with Gasteiger partial charge in [-0.15, -0.1) is 0 Å². The number of aliphatic carboxylic acids is 1. The van der Waals surface area contributed by atoms with E-state index < -0.39 is 5.97 Å². The molecule has 18 heavy (non-hydrogen) atoms. The number of carboxylic acid groups (broad SMARTS) is 1. The third-order valence-corrected chi connectivity index (χ3v) is 2.95. The molecule has 4 heteroatoms. The Kier molecular flexibility index (Phi) is 5.04. The molecule has 0 radical (unpaired) electrons. The molecule has 0 heterocycles. The van der Waals surface area contributed by atoms with E-state index in [4.69, 9.17) is 5.11 Å². The number of carbonyl (C=O) groups is 2. The van der Waals surface area contributed by atoms with E-state index in [1.807, 2.05) is 32.0 Å². The number of carboxylic acids is 1. The molecule has 1 N–H and O–H groups in total. The van der Waals surface area contributed by atoms with Gasteiger partial charge in [0, 0.05) is 12.1 Å². The molecule has 0 aliphatic rings. The molecule has 0 aromatic heterocycles. The van der Waals surface area contributed by atoms with Gasteiger partial charge in [-0.05, 0) is 38.1 Å². The Balaban J connectivity index is 2.59. The number of hydrogen-bond donors (Lipinski definition) is 1. The highest BCUT2D eigenvalue weighted by Crippen LogP contribution is 2.10. The number of nitrogens with zero attached hydrogens (tertiary/aromatic N) is 1. The zero-order valence-corrected chi connectivity index (χ0v) is 11.1. The summed E-state index contributed by atoms with van der Waals surface area (Å²) in [5.74, 6) is -0.827. The molecule has 0 aliphatic heterocycles. The lowest BCUT2D eigenvalue weighted by Gasteiger charge is -2.14. The number of rotatable bonds is 6. The third-order valence-electron chi connectivity index (χ3n) is 2.95. The molecule has 4 nitrogen and oxygen atoms in total. The number of carbonyl (C=O) groups excluding carboxylic acids is 1. The van der Waals surface area contributed by atoms with Crippen molar-refractivity contribution < 1.29 is 14.7 Å². The summed E-state index contributed by atoms with van der Waals surface area (Å²) in [5.41, 5.74) is 2.93. The molecule has 0 bridgehead atoms. The summed E-state index contributed by atoms with van der Waals surface area (Å²) in [6, 6.07) is 5.62. The lowest BCUT2D eigenvalue weighted by atomic mass is 10.0. The first-order valence-electron chi connectivity index (χ1n) is 5.91. The highest BCUT2D eigenvalue weighted by molar-refractivity contribution is 5.97. The first kappa shape index (κ1) is 14.4. The lowest BCUT2D eigenvalue weighted by Crippen LogP contribution is -2.28. The molecule has 0 spiro atoms. The van der Waals surface area contributed by atoms with E-state index in [0.717, 1.165) is 11.1 Å². The zero-order chi connectivity index (χ0) is 13.7. The lowest BCUT2D eigenvalue weighted by molar-refractivity contribution is -0.137. The van der Waals surface area contributed by atoms with Crippen molar-refractivity contribution in [1.82, 2.24) is 4.90 Å². The van der Waals surface area contributed by atoms with Crippen molar-refractivity contribution in [2.75, 3.05) is 20.1 Å².